The lowest BCUT2D eigenvalue weighted by Crippen LogP contribution is -2.57. The number of nitrogens with zero attached hydrogens (tertiary/aromatic N) is 2. The first-order valence-corrected chi connectivity index (χ1v) is 12.3. The van der Waals surface area contributed by atoms with Gasteiger partial charge in [0, 0.05) is 37.8 Å². The quantitative estimate of drug-likeness (QED) is 0.675. The molecule has 2 saturated heterocycles. The van der Waals surface area contributed by atoms with Crippen molar-refractivity contribution >= 4 is 10.0 Å². The van der Waals surface area contributed by atoms with E-state index in [1.54, 1.807) is 6.07 Å². The van der Waals surface area contributed by atoms with Gasteiger partial charge in [-0.3, -0.25) is 9.80 Å². The van der Waals surface area contributed by atoms with Crippen LogP contribution in [-0.4, -0.2) is 67.6 Å². The van der Waals surface area contributed by atoms with Crippen LogP contribution < -0.4 is 4.72 Å². The summed E-state index contributed by atoms with van der Waals surface area (Å²) in [5.74, 6) is -1.28. The minimum absolute atomic E-state index is 0.246. The zero-order chi connectivity index (χ0) is 22.2. The van der Waals surface area contributed by atoms with Crippen LogP contribution in [0.25, 0.3) is 11.1 Å². The van der Waals surface area contributed by atoms with E-state index in [0.717, 1.165) is 37.4 Å². The predicted octanol–water partition coefficient (Wildman–Crippen LogP) is 2.15. The number of sulfonamides is 1. The fourth-order valence-electron chi connectivity index (χ4n) is 4.46. The van der Waals surface area contributed by atoms with E-state index in [9.17, 15) is 22.3 Å². The third kappa shape index (κ3) is 5.30. The van der Waals surface area contributed by atoms with E-state index in [1.165, 1.54) is 12.1 Å². The molecule has 0 bridgehead atoms. The van der Waals surface area contributed by atoms with E-state index in [-0.39, 0.29) is 12.1 Å². The van der Waals surface area contributed by atoms with E-state index >= 15 is 0 Å². The molecule has 0 spiro atoms. The van der Waals surface area contributed by atoms with E-state index in [1.807, 2.05) is 28.0 Å². The highest BCUT2D eigenvalue weighted by Crippen LogP contribution is 2.29. The molecule has 2 fully saturated rings. The fourth-order valence-corrected chi connectivity index (χ4v) is 5.28. The number of likely N-dealkylation sites (tertiary alicyclic amines) is 2. The summed E-state index contributed by atoms with van der Waals surface area (Å²) in [4.78, 5) is 3.90. The molecule has 31 heavy (non-hydrogen) atoms. The summed E-state index contributed by atoms with van der Waals surface area (Å²) in [6.07, 6.45) is 2.50. The maximum atomic E-state index is 13.7. The fraction of sp³-hybridized carbons (Fsp3) is 0.455. The summed E-state index contributed by atoms with van der Waals surface area (Å²) < 4.78 is 53.8. The summed E-state index contributed by atoms with van der Waals surface area (Å²) in [5, 5.41) is 10.8. The van der Waals surface area contributed by atoms with Crippen molar-refractivity contribution in [2.24, 2.45) is 0 Å². The van der Waals surface area contributed by atoms with Gasteiger partial charge >= 0.3 is 0 Å². The highest BCUT2D eigenvalue weighted by Gasteiger charge is 2.41. The smallest absolute Gasteiger partial charge is 0.209 e. The number of halogens is 2. The van der Waals surface area contributed by atoms with Gasteiger partial charge in [-0.2, -0.15) is 0 Å². The molecule has 9 heteroatoms. The topological polar surface area (TPSA) is 72.9 Å². The average Bonchev–Trinajstić information content (AvgIpc) is 3.00. The summed E-state index contributed by atoms with van der Waals surface area (Å²) in [6.45, 7) is 2.20. The van der Waals surface area contributed by atoms with Gasteiger partial charge in [-0.05, 0) is 48.1 Å². The Bertz CT molecular complexity index is 1030. The van der Waals surface area contributed by atoms with Crippen LogP contribution in [0.4, 0.5) is 8.78 Å². The van der Waals surface area contributed by atoms with Gasteiger partial charge < -0.3 is 5.11 Å². The van der Waals surface area contributed by atoms with Crippen molar-refractivity contribution in [3.63, 3.8) is 0 Å². The van der Waals surface area contributed by atoms with E-state index in [0.29, 0.717) is 30.5 Å². The highest BCUT2D eigenvalue weighted by atomic mass is 32.2. The maximum absolute atomic E-state index is 13.7. The lowest BCUT2D eigenvalue weighted by molar-refractivity contribution is -0.141. The van der Waals surface area contributed by atoms with Crippen molar-refractivity contribution in [1.29, 1.82) is 0 Å². The number of aliphatic hydroxyl groups is 1. The summed E-state index contributed by atoms with van der Waals surface area (Å²) in [7, 11) is -3.41. The second-order valence-corrected chi connectivity index (χ2v) is 10.2. The highest BCUT2D eigenvalue weighted by molar-refractivity contribution is 7.88. The third-order valence-corrected chi connectivity index (χ3v) is 6.77. The van der Waals surface area contributed by atoms with Crippen molar-refractivity contribution in [2.75, 3.05) is 25.9 Å². The Labute approximate surface area is 181 Å². The zero-order valence-electron chi connectivity index (χ0n) is 17.3. The Balaban J connectivity index is 1.60. The molecule has 6 nitrogen and oxygen atoms in total. The van der Waals surface area contributed by atoms with E-state index in [2.05, 4.69) is 4.72 Å². The van der Waals surface area contributed by atoms with Gasteiger partial charge in [0.25, 0.3) is 0 Å². The predicted molar refractivity (Wildman–Crippen MR) is 115 cm³/mol. The Hall–Kier alpha value is -1.91. The molecular formula is C22H27F2N3O3S. The molecule has 168 valence electrons. The summed E-state index contributed by atoms with van der Waals surface area (Å²) >= 11 is 0. The summed E-state index contributed by atoms with van der Waals surface area (Å²) in [5.41, 5.74) is 2.01. The minimum Gasteiger partial charge on any atom is -0.365 e. The van der Waals surface area contributed by atoms with Crippen LogP contribution in [0, 0.1) is 11.6 Å². The average molecular weight is 452 g/mol. The van der Waals surface area contributed by atoms with Crippen LogP contribution in [0.1, 0.15) is 18.4 Å². The van der Waals surface area contributed by atoms with Gasteiger partial charge in [0.05, 0.1) is 6.26 Å². The first kappa shape index (κ1) is 22.3. The van der Waals surface area contributed by atoms with Gasteiger partial charge in [0.15, 0.2) is 6.35 Å². The van der Waals surface area contributed by atoms with Gasteiger partial charge in [-0.25, -0.2) is 21.9 Å². The number of aliphatic hydroxyl groups excluding tert-OH is 1. The number of hydrogen-bond acceptors (Lipinski definition) is 5. The van der Waals surface area contributed by atoms with Crippen LogP contribution in [0.2, 0.25) is 0 Å². The van der Waals surface area contributed by atoms with Crippen LogP contribution in [0.5, 0.6) is 0 Å². The number of nitrogens with one attached hydrogen (secondary N) is 1. The zero-order valence-corrected chi connectivity index (χ0v) is 18.2. The Kier molecular flexibility index (Phi) is 6.41. The Morgan fingerprint density at radius 2 is 1.81 bits per heavy atom. The lowest BCUT2D eigenvalue weighted by atomic mass is 9.97. The number of benzene rings is 2. The molecule has 0 aliphatic carbocycles. The molecule has 1 unspecified atom stereocenters. The molecule has 0 aromatic heterocycles. The molecule has 0 radical (unpaired) electrons. The summed E-state index contributed by atoms with van der Waals surface area (Å²) in [6, 6.07) is 10.2. The van der Waals surface area contributed by atoms with Crippen LogP contribution in [0.15, 0.2) is 42.5 Å². The second-order valence-electron chi connectivity index (χ2n) is 8.39. The van der Waals surface area contributed by atoms with Crippen LogP contribution in [0.3, 0.4) is 0 Å². The van der Waals surface area contributed by atoms with Crippen LogP contribution >= 0.6 is 0 Å². The van der Waals surface area contributed by atoms with E-state index in [4.69, 9.17) is 0 Å². The normalized spacial score (nSPS) is 23.6. The Morgan fingerprint density at radius 1 is 1.10 bits per heavy atom. The molecule has 4 rings (SSSR count). The second kappa shape index (κ2) is 8.91. The molecule has 0 amide bonds. The third-order valence-electron chi connectivity index (χ3n) is 6.04. The lowest BCUT2D eigenvalue weighted by Gasteiger charge is -2.42. The van der Waals surface area contributed by atoms with Crippen molar-refractivity contribution in [3.05, 3.63) is 59.7 Å². The molecule has 2 N–H and O–H groups in total. The molecule has 2 heterocycles. The molecule has 2 aromatic rings. The molecule has 3 atom stereocenters. The number of hydrogen-bond donors (Lipinski definition) is 2. The van der Waals surface area contributed by atoms with E-state index < -0.39 is 28.0 Å². The Morgan fingerprint density at radius 3 is 2.42 bits per heavy atom. The molecule has 0 saturated carbocycles. The molecule has 2 aliphatic rings. The van der Waals surface area contributed by atoms with Gasteiger partial charge in [0.1, 0.15) is 11.6 Å². The largest absolute Gasteiger partial charge is 0.365 e. The monoisotopic (exact) mass is 451 g/mol. The van der Waals surface area contributed by atoms with Crippen molar-refractivity contribution in [1.82, 2.24) is 14.5 Å². The molecule has 2 aromatic carbocycles. The first-order chi connectivity index (χ1) is 14.7. The van der Waals surface area contributed by atoms with Gasteiger partial charge in [-0.15, -0.1) is 0 Å². The van der Waals surface area contributed by atoms with Crippen molar-refractivity contribution in [2.45, 2.75) is 37.7 Å². The van der Waals surface area contributed by atoms with Gasteiger partial charge in [0.2, 0.25) is 10.0 Å². The minimum atomic E-state index is -3.41. The first-order valence-electron chi connectivity index (χ1n) is 10.4. The van der Waals surface area contributed by atoms with Crippen molar-refractivity contribution < 1.29 is 22.3 Å². The maximum Gasteiger partial charge on any atom is 0.209 e. The standard InChI is InChI=1S/C22H27F2N3O3S/c1-31(29,30)25-20-6-9-27(22(28)26-7-3-8-26)21(20)11-15-4-2-5-16(10-15)17-12-18(23)14-19(24)13-17/h2,4-5,10,12-14,20-22,25,28H,3,6-9,11H2,1H3/t20-,21-,22?/m0/s1. The van der Waals surface area contributed by atoms with Gasteiger partial charge in [-0.1, -0.05) is 24.3 Å². The molecule has 2 aliphatic heterocycles. The molecular weight excluding hydrogens is 424 g/mol. The van der Waals surface area contributed by atoms with Crippen LogP contribution in [-0.2, 0) is 16.4 Å². The number of rotatable bonds is 7. The SMILES string of the molecule is CS(=O)(=O)N[C@H]1CCN(C(O)N2CCC2)[C@H]1Cc1cccc(-c2cc(F)cc(F)c2)c1. The van der Waals surface area contributed by atoms with Crippen molar-refractivity contribution in [3.8, 4) is 11.1 Å².